The number of nitrogens with zero attached hydrogens (tertiary/aromatic N) is 1. The summed E-state index contributed by atoms with van der Waals surface area (Å²) in [6.45, 7) is 0.821. The first kappa shape index (κ1) is 16.0. The van der Waals surface area contributed by atoms with Crippen LogP contribution >= 0.6 is 46.6 Å². The van der Waals surface area contributed by atoms with Crippen LogP contribution in [0.2, 0.25) is 15.1 Å². The van der Waals surface area contributed by atoms with Gasteiger partial charge in [-0.25, -0.2) is 0 Å². The van der Waals surface area contributed by atoms with Gasteiger partial charge in [-0.15, -0.1) is 0 Å². The maximum Gasteiger partial charge on any atom is 0.0546 e. The molecule has 0 aliphatic carbocycles. The van der Waals surface area contributed by atoms with Gasteiger partial charge >= 0.3 is 0 Å². The van der Waals surface area contributed by atoms with E-state index in [2.05, 4.69) is 4.90 Å². The molecule has 0 heterocycles. The predicted octanol–water partition coefficient (Wildman–Crippen LogP) is 5.86. The Kier molecular flexibility index (Phi) is 5.65. The van der Waals surface area contributed by atoms with Gasteiger partial charge in [-0.05, 0) is 56.1 Å². The molecule has 0 spiro atoms. The van der Waals surface area contributed by atoms with Crippen LogP contribution in [0.4, 0.5) is 0 Å². The minimum absolute atomic E-state index is 0.681. The molecule has 1 nitrogen and oxygen atoms in total. The lowest BCUT2D eigenvalue weighted by Crippen LogP contribution is -2.11. The highest BCUT2D eigenvalue weighted by Crippen LogP contribution is 2.37. The van der Waals surface area contributed by atoms with Crippen LogP contribution in [-0.4, -0.2) is 19.0 Å². The third kappa shape index (κ3) is 4.31. The zero-order chi connectivity index (χ0) is 14.7. The summed E-state index contributed by atoms with van der Waals surface area (Å²) in [5.41, 5.74) is 1.17. The summed E-state index contributed by atoms with van der Waals surface area (Å²) in [4.78, 5) is 4.18. The first-order chi connectivity index (χ1) is 9.45. The molecule has 0 saturated carbocycles. The molecular formula is C15H14Cl3NS. The summed E-state index contributed by atoms with van der Waals surface area (Å²) in [5, 5.41) is 2.12. The lowest BCUT2D eigenvalue weighted by Gasteiger charge is -2.15. The molecule has 106 valence electrons. The van der Waals surface area contributed by atoms with Crippen LogP contribution < -0.4 is 0 Å². The molecule has 0 N–H and O–H groups in total. The molecule has 0 bridgehead atoms. The molecule has 0 unspecified atom stereocenters. The monoisotopic (exact) mass is 345 g/mol. The van der Waals surface area contributed by atoms with Gasteiger partial charge in [0, 0.05) is 26.4 Å². The lowest BCUT2D eigenvalue weighted by molar-refractivity contribution is 0.399. The highest BCUT2D eigenvalue weighted by atomic mass is 35.5. The van der Waals surface area contributed by atoms with Crippen molar-refractivity contribution in [3.05, 3.63) is 57.0 Å². The SMILES string of the molecule is CN(C)Cc1cc(Cl)ccc1Sc1cc(Cl)ccc1Cl. The third-order valence-corrected chi connectivity index (χ3v) is 4.71. The molecule has 0 aromatic heterocycles. The zero-order valence-corrected chi connectivity index (χ0v) is 14.2. The van der Waals surface area contributed by atoms with Crippen LogP contribution in [0, 0.1) is 0 Å². The molecule has 0 saturated heterocycles. The average molecular weight is 347 g/mol. The molecule has 2 rings (SSSR count). The van der Waals surface area contributed by atoms with Gasteiger partial charge < -0.3 is 4.90 Å². The van der Waals surface area contributed by atoms with Gasteiger partial charge in [0.15, 0.2) is 0 Å². The Morgan fingerprint density at radius 1 is 0.900 bits per heavy atom. The van der Waals surface area contributed by atoms with E-state index in [1.807, 2.05) is 44.4 Å². The van der Waals surface area contributed by atoms with Gasteiger partial charge in [-0.1, -0.05) is 46.6 Å². The Hall–Kier alpha value is -0.380. The van der Waals surface area contributed by atoms with E-state index < -0.39 is 0 Å². The predicted molar refractivity (Wildman–Crippen MR) is 89.4 cm³/mol. The normalized spacial score (nSPS) is 11.1. The van der Waals surface area contributed by atoms with E-state index >= 15 is 0 Å². The van der Waals surface area contributed by atoms with E-state index in [1.54, 1.807) is 17.8 Å². The number of halogens is 3. The van der Waals surface area contributed by atoms with E-state index in [9.17, 15) is 0 Å². The lowest BCUT2D eigenvalue weighted by atomic mass is 10.2. The van der Waals surface area contributed by atoms with E-state index in [0.29, 0.717) is 10.0 Å². The van der Waals surface area contributed by atoms with Gasteiger partial charge in [0.05, 0.1) is 5.02 Å². The summed E-state index contributed by atoms with van der Waals surface area (Å²) >= 11 is 19.9. The van der Waals surface area contributed by atoms with Gasteiger partial charge in [-0.3, -0.25) is 0 Å². The quantitative estimate of drug-likeness (QED) is 0.682. The molecule has 0 radical (unpaired) electrons. The maximum absolute atomic E-state index is 6.22. The van der Waals surface area contributed by atoms with Crippen molar-refractivity contribution in [1.82, 2.24) is 4.90 Å². The largest absolute Gasteiger partial charge is 0.305 e. The van der Waals surface area contributed by atoms with E-state index in [1.165, 1.54) is 5.56 Å². The van der Waals surface area contributed by atoms with Crippen LogP contribution in [0.3, 0.4) is 0 Å². The number of rotatable bonds is 4. The van der Waals surface area contributed by atoms with Crippen molar-refractivity contribution in [3.8, 4) is 0 Å². The molecule has 2 aromatic carbocycles. The van der Waals surface area contributed by atoms with Crippen LogP contribution in [0.25, 0.3) is 0 Å². The first-order valence-electron chi connectivity index (χ1n) is 6.02. The van der Waals surface area contributed by atoms with E-state index in [0.717, 1.165) is 21.4 Å². The van der Waals surface area contributed by atoms with Crippen molar-refractivity contribution < 1.29 is 0 Å². The summed E-state index contributed by atoms with van der Waals surface area (Å²) < 4.78 is 0. The second kappa shape index (κ2) is 7.06. The van der Waals surface area contributed by atoms with Crippen LogP contribution in [0.15, 0.2) is 46.2 Å². The topological polar surface area (TPSA) is 3.24 Å². The Balaban J connectivity index is 2.35. The van der Waals surface area contributed by atoms with Gasteiger partial charge in [0.25, 0.3) is 0 Å². The fourth-order valence-corrected chi connectivity index (χ4v) is 3.43. The molecule has 0 atom stereocenters. The summed E-state index contributed by atoms with van der Waals surface area (Å²) in [6.07, 6.45) is 0. The minimum atomic E-state index is 0.681. The average Bonchev–Trinajstić information content (AvgIpc) is 2.36. The Bertz CT molecular complexity index is 614. The van der Waals surface area contributed by atoms with Crippen molar-refractivity contribution in [3.63, 3.8) is 0 Å². The first-order valence-corrected chi connectivity index (χ1v) is 7.97. The Labute approximate surface area is 138 Å². The molecule has 0 aliphatic heterocycles. The zero-order valence-electron chi connectivity index (χ0n) is 11.2. The Morgan fingerprint density at radius 2 is 1.55 bits per heavy atom. The van der Waals surface area contributed by atoms with E-state index in [-0.39, 0.29) is 0 Å². The number of hydrogen-bond donors (Lipinski definition) is 0. The third-order valence-electron chi connectivity index (χ3n) is 2.62. The van der Waals surface area contributed by atoms with E-state index in [4.69, 9.17) is 34.8 Å². The molecule has 5 heteroatoms. The molecular weight excluding hydrogens is 333 g/mol. The van der Waals surface area contributed by atoms with Crippen molar-refractivity contribution >= 4 is 46.6 Å². The highest BCUT2D eigenvalue weighted by Gasteiger charge is 2.09. The van der Waals surface area contributed by atoms with Crippen LogP contribution in [0.1, 0.15) is 5.56 Å². The molecule has 2 aromatic rings. The van der Waals surface area contributed by atoms with Gasteiger partial charge in [0.1, 0.15) is 0 Å². The van der Waals surface area contributed by atoms with Crippen LogP contribution in [-0.2, 0) is 6.54 Å². The molecule has 0 fully saturated rings. The molecule has 0 aliphatic rings. The number of hydrogen-bond acceptors (Lipinski definition) is 2. The van der Waals surface area contributed by atoms with Crippen molar-refractivity contribution in [2.75, 3.05) is 14.1 Å². The standard InChI is InChI=1S/C15H14Cl3NS/c1-19(2)9-10-7-11(16)4-6-14(10)20-15-8-12(17)3-5-13(15)18/h3-8H,9H2,1-2H3. The highest BCUT2D eigenvalue weighted by molar-refractivity contribution is 7.99. The van der Waals surface area contributed by atoms with Crippen molar-refractivity contribution in [1.29, 1.82) is 0 Å². The van der Waals surface area contributed by atoms with Crippen LogP contribution in [0.5, 0.6) is 0 Å². The Morgan fingerprint density at radius 3 is 2.25 bits per heavy atom. The fourth-order valence-electron chi connectivity index (χ4n) is 1.79. The second-order valence-electron chi connectivity index (χ2n) is 4.67. The van der Waals surface area contributed by atoms with Gasteiger partial charge in [0.2, 0.25) is 0 Å². The summed E-state index contributed by atoms with van der Waals surface area (Å²) in [5.74, 6) is 0. The van der Waals surface area contributed by atoms with Gasteiger partial charge in [-0.2, -0.15) is 0 Å². The van der Waals surface area contributed by atoms with Crippen molar-refractivity contribution in [2.24, 2.45) is 0 Å². The minimum Gasteiger partial charge on any atom is -0.305 e. The maximum atomic E-state index is 6.22. The molecule has 20 heavy (non-hydrogen) atoms. The fraction of sp³-hybridized carbons (Fsp3) is 0.200. The number of benzene rings is 2. The second-order valence-corrected chi connectivity index (χ2v) is 7.03. The summed E-state index contributed by atoms with van der Waals surface area (Å²) in [6, 6.07) is 11.4. The molecule has 0 amide bonds. The summed E-state index contributed by atoms with van der Waals surface area (Å²) in [7, 11) is 4.06. The smallest absolute Gasteiger partial charge is 0.0546 e. The van der Waals surface area contributed by atoms with Crippen molar-refractivity contribution in [2.45, 2.75) is 16.3 Å².